The first-order valence-electron chi connectivity index (χ1n) is 4.85. The molecule has 0 saturated carbocycles. The van der Waals surface area contributed by atoms with Gasteiger partial charge in [0.1, 0.15) is 0 Å². The SMILES string of the molecule is C1=CCN2C=c3ccccc3=CC2=C1. The van der Waals surface area contributed by atoms with E-state index in [0.29, 0.717) is 0 Å². The lowest BCUT2D eigenvalue weighted by atomic mass is 10.1. The fraction of sp³-hybridized carbons (Fsp3) is 0.0769. The van der Waals surface area contributed by atoms with Crippen molar-refractivity contribution < 1.29 is 0 Å². The van der Waals surface area contributed by atoms with Crippen LogP contribution < -0.4 is 10.4 Å². The van der Waals surface area contributed by atoms with Crippen molar-refractivity contribution in [2.45, 2.75) is 0 Å². The minimum atomic E-state index is 0.983. The zero-order valence-corrected chi connectivity index (χ0v) is 7.85. The fourth-order valence-electron chi connectivity index (χ4n) is 1.89. The third-order valence-corrected chi connectivity index (χ3v) is 2.63. The van der Waals surface area contributed by atoms with Gasteiger partial charge in [-0.25, -0.2) is 0 Å². The zero-order chi connectivity index (χ0) is 9.38. The monoisotopic (exact) mass is 181 g/mol. The molecule has 0 amide bonds. The van der Waals surface area contributed by atoms with Gasteiger partial charge in [0.15, 0.2) is 0 Å². The smallest absolute Gasteiger partial charge is 0.0415 e. The summed E-state index contributed by atoms with van der Waals surface area (Å²) in [5.41, 5.74) is 1.28. The van der Waals surface area contributed by atoms with Gasteiger partial charge in [-0.2, -0.15) is 0 Å². The average molecular weight is 181 g/mol. The summed E-state index contributed by atoms with van der Waals surface area (Å²) < 4.78 is 0. The highest BCUT2D eigenvalue weighted by molar-refractivity contribution is 5.56. The zero-order valence-electron chi connectivity index (χ0n) is 7.85. The molecule has 1 aromatic carbocycles. The number of rotatable bonds is 0. The molecule has 2 aliphatic heterocycles. The van der Waals surface area contributed by atoms with Crippen molar-refractivity contribution in [2.75, 3.05) is 6.54 Å². The Hall–Kier alpha value is -1.76. The maximum absolute atomic E-state index is 2.27. The molecule has 0 atom stereocenters. The standard InChI is InChI=1S/C13H11N/c1-2-6-12-10-14-8-4-3-7-13(14)9-11(12)5-1/h1-7,9-10H,8H2. The van der Waals surface area contributed by atoms with E-state index in [1.807, 2.05) is 0 Å². The van der Waals surface area contributed by atoms with Gasteiger partial charge in [-0.3, -0.25) is 0 Å². The summed E-state index contributed by atoms with van der Waals surface area (Å²) in [5, 5.41) is 2.62. The number of fused-ring (bicyclic) bond motifs is 2. The van der Waals surface area contributed by atoms with Crippen molar-refractivity contribution in [1.82, 2.24) is 4.90 Å². The van der Waals surface area contributed by atoms with Gasteiger partial charge in [-0.05, 0) is 22.6 Å². The molecule has 0 aromatic heterocycles. The van der Waals surface area contributed by atoms with Crippen LogP contribution in [-0.2, 0) is 0 Å². The predicted molar refractivity (Wildman–Crippen MR) is 58.6 cm³/mol. The lowest BCUT2D eigenvalue weighted by Crippen LogP contribution is -2.34. The number of hydrogen-bond acceptors (Lipinski definition) is 1. The molecule has 1 heteroatoms. The van der Waals surface area contributed by atoms with Crippen molar-refractivity contribution in [2.24, 2.45) is 0 Å². The Morgan fingerprint density at radius 1 is 1.07 bits per heavy atom. The topological polar surface area (TPSA) is 3.24 Å². The first-order chi connectivity index (χ1) is 6.93. The number of nitrogens with zero attached hydrogens (tertiary/aromatic N) is 1. The van der Waals surface area contributed by atoms with E-state index in [0.717, 1.165) is 6.54 Å². The Labute approximate surface area is 83.0 Å². The van der Waals surface area contributed by atoms with E-state index in [1.54, 1.807) is 0 Å². The first-order valence-corrected chi connectivity index (χ1v) is 4.85. The van der Waals surface area contributed by atoms with Gasteiger partial charge < -0.3 is 4.90 Å². The number of allylic oxidation sites excluding steroid dienone is 3. The molecule has 0 N–H and O–H groups in total. The van der Waals surface area contributed by atoms with Gasteiger partial charge in [0.25, 0.3) is 0 Å². The van der Waals surface area contributed by atoms with Crippen LogP contribution in [0.15, 0.2) is 48.2 Å². The predicted octanol–water partition coefficient (Wildman–Crippen LogP) is 0.974. The van der Waals surface area contributed by atoms with E-state index in [4.69, 9.17) is 0 Å². The number of hydrogen-bond donors (Lipinski definition) is 0. The van der Waals surface area contributed by atoms with Crippen LogP contribution in [0.4, 0.5) is 0 Å². The molecule has 0 unspecified atom stereocenters. The van der Waals surface area contributed by atoms with Gasteiger partial charge in [-0.15, -0.1) is 0 Å². The van der Waals surface area contributed by atoms with Crippen molar-refractivity contribution >= 4 is 12.3 Å². The molecular weight excluding hydrogens is 170 g/mol. The van der Waals surface area contributed by atoms with Crippen LogP contribution in [0.2, 0.25) is 0 Å². The maximum Gasteiger partial charge on any atom is 0.0415 e. The molecule has 1 aromatic rings. The second-order valence-corrected chi connectivity index (χ2v) is 3.57. The van der Waals surface area contributed by atoms with Gasteiger partial charge >= 0.3 is 0 Å². The molecule has 0 spiro atoms. The van der Waals surface area contributed by atoms with Gasteiger partial charge in [0.2, 0.25) is 0 Å². The molecule has 0 fully saturated rings. The van der Waals surface area contributed by atoms with E-state index in [-0.39, 0.29) is 0 Å². The summed E-state index contributed by atoms with van der Waals surface area (Å²) in [4.78, 5) is 2.27. The van der Waals surface area contributed by atoms with E-state index in [1.165, 1.54) is 16.1 Å². The molecule has 0 saturated heterocycles. The molecule has 0 bridgehead atoms. The Morgan fingerprint density at radius 2 is 1.93 bits per heavy atom. The Bertz CT molecular complexity index is 535. The highest BCUT2D eigenvalue weighted by Crippen LogP contribution is 2.12. The molecule has 14 heavy (non-hydrogen) atoms. The highest BCUT2D eigenvalue weighted by atomic mass is 15.1. The molecular formula is C13H11N. The third kappa shape index (κ3) is 1.10. The van der Waals surface area contributed by atoms with Gasteiger partial charge in [0.05, 0.1) is 0 Å². The van der Waals surface area contributed by atoms with E-state index < -0.39 is 0 Å². The Kier molecular flexibility index (Phi) is 1.57. The van der Waals surface area contributed by atoms with Crippen LogP contribution in [0, 0.1) is 0 Å². The van der Waals surface area contributed by atoms with E-state index in [9.17, 15) is 0 Å². The van der Waals surface area contributed by atoms with Crippen molar-refractivity contribution in [3.8, 4) is 0 Å². The summed E-state index contributed by atoms with van der Waals surface area (Å²) >= 11 is 0. The van der Waals surface area contributed by atoms with Crippen LogP contribution in [0.1, 0.15) is 0 Å². The summed E-state index contributed by atoms with van der Waals surface area (Å²) in [6.45, 7) is 0.983. The first kappa shape index (κ1) is 7.63. The largest absolute Gasteiger partial charge is 0.344 e. The van der Waals surface area contributed by atoms with Crippen LogP contribution in [0.3, 0.4) is 0 Å². The second kappa shape index (κ2) is 2.88. The lowest BCUT2D eigenvalue weighted by Gasteiger charge is -2.24. The molecule has 0 radical (unpaired) electrons. The Morgan fingerprint density at radius 3 is 2.86 bits per heavy atom. The molecule has 2 heterocycles. The van der Waals surface area contributed by atoms with Crippen LogP contribution in [0.5, 0.6) is 0 Å². The van der Waals surface area contributed by atoms with Crippen LogP contribution >= 0.6 is 0 Å². The average Bonchev–Trinajstić information content (AvgIpc) is 2.26. The van der Waals surface area contributed by atoms with E-state index >= 15 is 0 Å². The highest BCUT2D eigenvalue weighted by Gasteiger charge is 2.08. The summed E-state index contributed by atoms with van der Waals surface area (Å²) in [6, 6.07) is 8.47. The minimum absolute atomic E-state index is 0.983. The normalized spacial score (nSPS) is 17.4. The second-order valence-electron chi connectivity index (χ2n) is 3.57. The molecule has 68 valence electrons. The minimum Gasteiger partial charge on any atom is -0.344 e. The molecule has 2 aliphatic rings. The lowest BCUT2D eigenvalue weighted by molar-refractivity contribution is 0.576. The van der Waals surface area contributed by atoms with Gasteiger partial charge in [0, 0.05) is 18.4 Å². The van der Waals surface area contributed by atoms with Crippen LogP contribution in [0.25, 0.3) is 12.3 Å². The van der Waals surface area contributed by atoms with Gasteiger partial charge in [-0.1, -0.05) is 36.4 Å². The summed E-state index contributed by atoms with van der Waals surface area (Å²) in [6.07, 6.45) is 10.9. The van der Waals surface area contributed by atoms with E-state index in [2.05, 4.69) is 59.7 Å². The number of benzene rings is 1. The Balaban J connectivity index is 2.29. The van der Waals surface area contributed by atoms with Crippen LogP contribution in [-0.4, -0.2) is 11.4 Å². The molecule has 3 rings (SSSR count). The summed E-state index contributed by atoms with van der Waals surface area (Å²) in [5.74, 6) is 0. The quantitative estimate of drug-likeness (QED) is 0.576. The summed E-state index contributed by atoms with van der Waals surface area (Å²) in [7, 11) is 0. The van der Waals surface area contributed by atoms with Crippen molar-refractivity contribution in [3.63, 3.8) is 0 Å². The molecule has 0 aliphatic carbocycles. The fourth-order valence-corrected chi connectivity index (χ4v) is 1.89. The van der Waals surface area contributed by atoms with Crippen molar-refractivity contribution in [3.05, 3.63) is 58.6 Å². The third-order valence-electron chi connectivity index (χ3n) is 2.63. The molecule has 1 nitrogen and oxygen atoms in total. The maximum atomic E-state index is 2.27. The van der Waals surface area contributed by atoms with Crippen molar-refractivity contribution in [1.29, 1.82) is 0 Å².